The molecule has 2 aliphatic heterocycles. The second kappa shape index (κ2) is 8.06. The van der Waals surface area contributed by atoms with Gasteiger partial charge in [-0.2, -0.15) is 0 Å². The zero-order chi connectivity index (χ0) is 18.6. The number of morpholine rings is 1. The number of carbonyl (C=O) groups is 1. The normalized spacial score (nSPS) is 23.5. The van der Waals surface area contributed by atoms with Crippen molar-refractivity contribution in [3.63, 3.8) is 0 Å². The standard InChI is InChI=1S/C21H25N3O3/c25-19-9-8-17(14-22-19)21(26)24-12-13-27-18(15-23-10-4-5-11-23)20(24)16-6-2-1-3-7-16/h1-3,6-9,14,18,20H,4-5,10-13,15H2,(H,22,25)/t18-,20-/m0/s1. The van der Waals surface area contributed by atoms with Crippen molar-refractivity contribution in [1.29, 1.82) is 0 Å². The van der Waals surface area contributed by atoms with Crippen molar-refractivity contribution in [2.75, 3.05) is 32.8 Å². The first-order valence-corrected chi connectivity index (χ1v) is 9.61. The zero-order valence-electron chi connectivity index (χ0n) is 15.3. The van der Waals surface area contributed by atoms with Crippen LogP contribution in [0.3, 0.4) is 0 Å². The smallest absolute Gasteiger partial charge is 0.256 e. The molecule has 1 N–H and O–H groups in total. The number of pyridine rings is 1. The lowest BCUT2D eigenvalue weighted by Gasteiger charge is -2.42. The molecular weight excluding hydrogens is 342 g/mol. The molecule has 0 spiro atoms. The van der Waals surface area contributed by atoms with Gasteiger partial charge < -0.3 is 19.5 Å². The van der Waals surface area contributed by atoms with Crippen molar-refractivity contribution in [3.05, 3.63) is 70.1 Å². The number of benzene rings is 1. The van der Waals surface area contributed by atoms with E-state index in [2.05, 4.69) is 22.0 Å². The molecule has 2 atom stereocenters. The van der Waals surface area contributed by atoms with E-state index < -0.39 is 0 Å². The highest BCUT2D eigenvalue weighted by Gasteiger charge is 2.37. The van der Waals surface area contributed by atoms with Gasteiger partial charge in [-0.1, -0.05) is 30.3 Å². The lowest BCUT2D eigenvalue weighted by atomic mass is 9.96. The molecule has 1 aromatic carbocycles. The van der Waals surface area contributed by atoms with E-state index in [1.807, 2.05) is 23.1 Å². The molecule has 0 saturated carbocycles. The summed E-state index contributed by atoms with van der Waals surface area (Å²) in [6, 6.07) is 12.9. The average Bonchev–Trinajstić information content (AvgIpc) is 3.22. The highest BCUT2D eigenvalue weighted by atomic mass is 16.5. The largest absolute Gasteiger partial charge is 0.373 e. The van der Waals surface area contributed by atoms with Gasteiger partial charge in [0.1, 0.15) is 0 Å². The fourth-order valence-corrected chi connectivity index (χ4v) is 4.09. The van der Waals surface area contributed by atoms with E-state index in [0.717, 1.165) is 25.2 Å². The first-order chi connectivity index (χ1) is 13.2. The third-order valence-electron chi connectivity index (χ3n) is 5.42. The van der Waals surface area contributed by atoms with Gasteiger partial charge in [-0.3, -0.25) is 9.59 Å². The van der Waals surface area contributed by atoms with Gasteiger partial charge in [-0.15, -0.1) is 0 Å². The van der Waals surface area contributed by atoms with Gasteiger partial charge in [0.25, 0.3) is 5.91 Å². The third kappa shape index (κ3) is 3.96. The van der Waals surface area contributed by atoms with Crippen LogP contribution in [-0.4, -0.2) is 59.6 Å². The minimum Gasteiger partial charge on any atom is -0.373 e. The minimum atomic E-state index is -0.208. The van der Waals surface area contributed by atoms with Gasteiger partial charge in [0.2, 0.25) is 5.56 Å². The Morgan fingerprint density at radius 3 is 2.56 bits per heavy atom. The maximum Gasteiger partial charge on any atom is 0.256 e. The number of aromatic amines is 1. The summed E-state index contributed by atoms with van der Waals surface area (Å²) < 4.78 is 6.15. The van der Waals surface area contributed by atoms with E-state index in [-0.39, 0.29) is 23.6 Å². The molecule has 1 amide bonds. The number of H-pyrrole nitrogens is 1. The Hall–Kier alpha value is -2.44. The van der Waals surface area contributed by atoms with Crippen LogP contribution in [0.15, 0.2) is 53.5 Å². The topological polar surface area (TPSA) is 65.6 Å². The van der Waals surface area contributed by atoms with Crippen LogP contribution in [0.25, 0.3) is 0 Å². The highest BCUT2D eigenvalue weighted by molar-refractivity contribution is 5.94. The zero-order valence-corrected chi connectivity index (χ0v) is 15.3. The number of nitrogens with one attached hydrogen (secondary N) is 1. The van der Waals surface area contributed by atoms with Crippen LogP contribution in [0.2, 0.25) is 0 Å². The molecule has 1 aromatic heterocycles. The van der Waals surface area contributed by atoms with Gasteiger partial charge in [0.15, 0.2) is 0 Å². The molecule has 4 rings (SSSR count). The number of hydrogen-bond donors (Lipinski definition) is 1. The van der Waals surface area contributed by atoms with Crippen LogP contribution in [0.4, 0.5) is 0 Å². The predicted octanol–water partition coefficient (Wildman–Crippen LogP) is 2.05. The summed E-state index contributed by atoms with van der Waals surface area (Å²) in [5.41, 5.74) is 1.37. The van der Waals surface area contributed by atoms with Gasteiger partial charge in [-0.25, -0.2) is 0 Å². The lowest BCUT2D eigenvalue weighted by Crippen LogP contribution is -2.51. The lowest BCUT2D eigenvalue weighted by molar-refractivity contribution is -0.0707. The Kier molecular flexibility index (Phi) is 5.36. The van der Waals surface area contributed by atoms with Crippen LogP contribution in [0.5, 0.6) is 0 Å². The van der Waals surface area contributed by atoms with Gasteiger partial charge >= 0.3 is 0 Å². The van der Waals surface area contributed by atoms with Crippen molar-refractivity contribution in [2.24, 2.45) is 0 Å². The van der Waals surface area contributed by atoms with Crippen LogP contribution < -0.4 is 5.56 Å². The second-order valence-corrected chi connectivity index (χ2v) is 7.21. The van der Waals surface area contributed by atoms with Gasteiger partial charge in [0.05, 0.1) is 24.3 Å². The van der Waals surface area contributed by atoms with E-state index in [1.165, 1.54) is 25.1 Å². The van der Waals surface area contributed by atoms with E-state index in [0.29, 0.717) is 18.7 Å². The van der Waals surface area contributed by atoms with E-state index in [4.69, 9.17) is 4.74 Å². The number of amides is 1. The van der Waals surface area contributed by atoms with Crippen LogP contribution in [0, 0.1) is 0 Å². The van der Waals surface area contributed by atoms with Crippen molar-refractivity contribution < 1.29 is 9.53 Å². The highest BCUT2D eigenvalue weighted by Crippen LogP contribution is 2.32. The summed E-state index contributed by atoms with van der Waals surface area (Å²) in [6.07, 6.45) is 3.88. The molecule has 0 aliphatic carbocycles. The molecule has 0 radical (unpaired) electrons. The Morgan fingerprint density at radius 1 is 1.07 bits per heavy atom. The molecule has 27 heavy (non-hydrogen) atoms. The van der Waals surface area contributed by atoms with Gasteiger partial charge in [0, 0.05) is 25.4 Å². The Morgan fingerprint density at radius 2 is 1.85 bits per heavy atom. The van der Waals surface area contributed by atoms with Crippen molar-refractivity contribution >= 4 is 5.91 Å². The Labute approximate surface area is 158 Å². The number of hydrogen-bond acceptors (Lipinski definition) is 4. The minimum absolute atomic E-state index is 0.0639. The molecule has 6 heteroatoms. The number of nitrogens with zero attached hydrogens (tertiary/aromatic N) is 2. The fourth-order valence-electron chi connectivity index (χ4n) is 4.09. The number of carbonyl (C=O) groups excluding carboxylic acids is 1. The maximum atomic E-state index is 13.2. The second-order valence-electron chi connectivity index (χ2n) is 7.21. The summed E-state index contributed by atoms with van der Waals surface area (Å²) in [7, 11) is 0. The molecule has 2 aromatic rings. The quantitative estimate of drug-likeness (QED) is 0.898. The van der Waals surface area contributed by atoms with E-state index in [9.17, 15) is 9.59 Å². The summed E-state index contributed by atoms with van der Waals surface area (Å²) in [5.74, 6) is -0.0742. The monoisotopic (exact) mass is 367 g/mol. The summed E-state index contributed by atoms with van der Waals surface area (Å²) in [4.78, 5) is 31.5. The first-order valence-electron chi connectivity index (χ1n) is 9.61. The molecule has 0 bridgehead atoms. The van der Waals surface area contributed by atoms with Crippen LogP contribution in [-0.2, 0) is 4.74 Å². The summed E-state index contributed by atoms with van der Waals surface area (Å²) in [5, 5.41) is 0. The predicted molar refractivity (Wildman–Crippen MR) is 103 cm³/mol. The maximum absolute atomic E-state index is 13.2. The number of rotatable bonds is 4. The number of aromatic nitrogens is 1. The molecule has 2 saturated heterocycles. The molecule has 3 heterocycles. The number of ether oxygens (including phenoxy) is 1. The van der Waals surface area contributed by atoms with E-state index >= 15 is 0 Å². The molecule has 6 nitrogen and oxygen atoms in total. The van der Waals surface area contributed by atoms with Crippen LogP contribution >= 0.6 is 0 Å². The molecule has 2 fully saturated rings. The Bertz CT molecular complexity index is 810. The van der Waals surface area contributed by atoms with Crippen molar-refractivity contribution in [2.45, 2.75) is 25.0 Å². The summed E-state index contributed by atoms with van der Waals surface area (Å²) in [6.45, 7) is 4.07. The van der Waals surface area contributed by atoms with Crippen molar-refractivity contribution in [1.82, 2.24) is 14.8 Å². The number of likely N-dealkylation sites (tertiary alicyclic amines) is 1. The van der Waals surface area contributed by atoms with Gasteiger partial charge in [-0.05, 0) is 37.6 Å². The molecule has 142 valence electrons. The van der Waals surface area contributed by atoms with Crippen molar-refractivity contribution in [3.8, 4) is 0 Å². The summed E-state index contributed by atoms with van der Waals surface area (Å²) >= 11 is 0. The average molecular weight is 367 g/mol. The SMILES string of the molecule is O=C(c1ccc(=O)[nH]c1)N1CCO[C@@H](CN2CCCC2)[C@@H]1c1ccccc1. The molecular formula is C21H25N3O3. The fraction of sp³-hybridized carbons (Fsp3) is 0.429. The first kappa shape index (κ1) is 17.9. The third-order valence-corrected chi connectivity index (χ3v) is 5.42. The van der Waals surface area contributed by atoms with Crippen LogP contribution in [0.1, 0.15) is 34.8 Å². The Balaban J connectivity index is 1.64. The molecule has 2 aliphatic rings. The van der Waals surface area contributed by atoms with E-state index in [1.54, 1.807) is 6.07 Å². The molecule has 0 unspecified atom stereocenters.